The van der Waals surface area contributed by atoms with E-state index in [1.807, 2.05) is 7.05 Å². The molecule has 0 amide bonds. The number of nitrogens with zero attached hydrogens (tertiary/aromatic N) is 1. The minimum atomic E-state index is 1.03. The standard InChI is InChI=1S/C11H22N2/c1-12-5-6-13-8-10-3-2-4-11(7-10)9-13/h10-12H,2-9H2,1H3. The third kappa shape index (κ3) is 2.44. The molecule has 2 atom stereocenters. The molecule has 1 saturated heterocycles. The number of rotatable bonds is 3. The van der Waals surface area contributed by atoms with Crippen molar-refractivity contribution in [3.05, 3.63) is 0 Å². The fourth-order valence-electron chi connectivity index (χ4n) is 2.99. The lowest BCUT2D eigenvalue weighted by Crippen LogP contribution is -2.44. The van der Waals surface area contributed by atoms with Crippen LogP contribution in [0.15, 0.2) is 0 Å². The van der Waals surface area contributed by atoms with Gasteiger partial charge in [0.2, 0.25) is 0 Å². The van der Waals surface area contributed by atoms with Gasteiger partial charge in [0.25, 0.3) is 0 Å². The molecule has 2 rings (SSSR count). The molecule has 2 unspecified atom stereocenters. The number of fused-ring (bicyclic) bond motifs is 2. The summed E-state index contributed by atoms with van der Waals surface area (Å²) in [6.45, 7) is 5.15. The van der Waals surface area contributed by atoms with Crippen LogP contribution in [0.4, 0.5) is 0 Å². The van der Waals surface area contributed by atoms with Crippen molar-refractivity contribution < 1.29 is 0 Å². The van der Waals surface area contributed by atoms with Gasteiger partial charge in [0, 0.05) is 26.2 Å². The van der Waals surface area contributed by atoms with Crippen molar-refractivity contribution in [2.75, 3.05) is 33.2 Å². The lowest BCUT2D eigenvalue weighted by molar-refractivity contribution is 0.0874. The normalized spacial score (nSPS) is 34.8. The number of piperidine rings is 1. The molecule has 2 aliphatic rings. The highest BCUT2D eigenvalue weighted by Gasteiger charge is 2.29. The van der Waals surface area contributed by atoms with E-state index in [4.69, 9.17) is 0 Å². The van der Waals surface area contributed by atoms with E-state index in [9.17, 15) is 0 Å². The van der Waals surface area contributed by atoms with E-state index in [2.05, 4.69) is 10.2 Å². The van der Waals surface area contributed by atoms with Crippen LogP contribution in [0.2, 0.25) is 0 Å². The average molecular weight is 182 g/mol. The summed E-state index contributed by atoms with van der Waals surface area (Å²) >= 11 is 0. The molecule has 2 heteroatoms. The first-order valence-electron chi connectivity index (χ1n) is 5.75. The van der Waals surface area contributed by atoms with Crippen LogP contribution in [-0.2, 0) is 0 Å². The first-order valence-corrected chi connectivity index (χ1v) is 5.75. The molecule has 2 nitrogen and oxygen atoms in total. The Bertz CT molecular complexity index is 146. The highest BCUT2D eigenvalue weighted by atomic mass is 15.1. The van der Waals surface area contributed by atoms with Gasteiger partial charge in [0.15, 0.2) is 0 Å². The molecule has 13 heavy (non-hydrogen) atoms. The van der Waals surface area contributed by atoms with Gasteiger partial charge in [-0.25, -0.2) is 0 Å². The van der Waals surface area contributed by atoms with Crippen molar-refractivity contribution in [2.24, 2.45) is 11.8 Å². The summed E-state index contributed by atoms with van der Waals surface area (Å²) in [5.74, 6) is 2.06. The van der Waals surface area contributed by atoms with Gasteiger partial charge in [0.05, 0.1) is 0 Å². The van der Waals surface area contributed by atoms with E-state index in [1.54, 1.807) is 0 Å². The Labute approximate surface area is 81.7 Å². The van der Waals surface area contributed by atoms with Gasteiger partial charge < -0.3 is 10.2 Å². The summed E-state index contributed by atoms with van der Waals surface area (Å²) in [4.78, 5) is 2.66. The maximum Gasteiger partial charge on any atom is 0.0107 e. The monoisotopic (exact) mass is 182 g/mol. The highest BCUT2D eigenvalue weighted by Crippen LogP contribution is 2.33. The van der Waals surface area contributed by atoms with Gasteiger partial charge in [0.1, 0.15) is 0 Å². The Hall–Kier alpha value is -0.0800. The third-order valence-electron chi connectivity index (χ3n) is 3.60. The van der Waals surface area contributed by atoms with Crippen LogP contribution >= 0.6 is 0 Å². The fourth-order valence-corrected chi connectivity index (χ4v) is 2.99. The van der Waals surface area contributed by atoms with Gasteiger partial charge in [-0.2, -0.15) is 0 Å². The summed E-state index contributed by atoms with van der Waals surface area (Å²) in [7, 11) is 2.05. The highest BCUT2D eigenvalue weighted by molar-refractivity contribution is 4.83. The topological polar surface area (TPSA) is 15.3 Å². The van der Waals surface area contributed by atoms with Crippen LogP contribution < -0.4 is 5.32 Å². The molecule has 1 aliphatic heterocycles. The zero-order valence-corrected chi connectivity index (χ0v) is 8.76. The van der Waals surface area contributed by atoms with E-state index in [0.717, 1.165) is 18.4 Å². The van der Waals surface area contributed by atoms with Crippen LogP contribution in [0.3, 0.4) is 0 Å². The quantitative estimate of drug-likeness (QED) is 0.708. The van der Waals surface area contributed by atoms with Gasteiger partial charge in [-0.1, -0.05) is 6.42 Å². The van der Waals surface area contributed by atoms with E-state index >= 15 is 0 Å². The molecule has 1 saturated carbocycles. The summed E-state index contributed by atoms with van der Waals surface area (Å²) in [6.07, 6.45) is 6.00. The van der Waals surface area contributed by atoms with E-state index < -0.39 is 0 Å². The molecule has 76 valence electrons. The molecular formula is C11H22N2. The van der Waals surface area contributed by atoms with Gasteiger partial charge in [-0.15, -0.1) is 0 Å². The zero-order valence-electron chi connectivity index (χ0n) is 8.76. The Morgan fingerprint density at radius 3 is 2.54 bits per heavy atom. The first-order chi connectivity index (χ1) is 6.38. The molecule has 2 fully saturated rings. The van der Waals surface area contributed by atoms with E-state index in [1.165, 1.54) is 45.3 Å². The summed E-state index contributed by atoms with van der Waals surface area (Å²) < 4.78 is 0. The zero-order chi connectivity index (χ0) is 9.10. The SMILES string of the molecule is CNCCN1CC2CCCC(C2)C1. The predicted molar refractivity (Wildman–Crippen MR) is 55.8 cm³/mol. The van der Waals surface area contributed by atoms with Crippen LogP contribution in [0.1, 0.15) is 25.7 Å². The molecule has 2 bridgehead atoms. The fraction of sp³-hybridized carbons (Fsp3) is 1.00. The number of nitrogens with one attached hydrogen (secondary N) is 1. The molecule has 0 radical (unpaired) electrons. The molecule has 0 aromatic heterocycles. The molecule has 1 aliphatic carbocycles. The van der Waals surface area contributed by atoms with Crippen molar-refractivity contribution in [1.29, 1.82) is 0 Å². The van der Waals surface area contributed by atoms with Gasteiger partial charge in [-0.05, 0) is 38.1 Å². The lowest BCUT2D eigenvalue weighted by Gasteiger charge is -2.41. The second-order valence-electron chi connectivity index (χ2n) is 4.76. The lowest BCUT2D eigenvalue weighted by atomic mass is 9.78. The number of likely N-dealkylation sites (N-methyl/N-ethyl adjacent to an activating group) is 1. The van der Waals surface area contributed by atoms with Crippen LogP contribution in [0.5, 0.6) is 0 Å². The molecule has 0 aromatic carbocycles. The molecule has 0 spiro atoms. The average Bonchev–Trinajstić information content (AvgIpc) is 2.14. The minimum absolute atomic E-state index is 1.03. The van der Waals surface area contributed by atoms with E-state index in [0.29, 0.717) is 0 Å². The Morgan fingerprint density at radius 1 is 1.23 bits per heavy atom. The molecule has 1 heterocycles. The largest absolute Gasteiger partial charge is 0.318 e. The van der Waals surface area contributed by atoms with Crippen LogP contribution in [0, 0.1) is 11.8 Å². The Kier molecular flexibility index (Phi) is 3.23. The summed E-state index contributed by atoms with van der Waals surface area (Å²) in [6, 6.07) is 0. The summed E-state index contributed by atoms with van der Waals surface area (Å²) in [5, 5.41) is 3.24. The predicted octanol–water partition coefficient (Wildman–Crippen LogP) is 1.33. The molecule has 1 N–H and O–H groups in total. The second kappa shape index (κ2) is 4.43. The van der Waals surface area contributed by atoms with E-state index in [-0.39, 0.29) is 0 Å². The Morgan fingerprint density at radius 2 is 1.92 bits per heavy atom. The maximum absolute atomic E-state index is 3.24. The second-order valence-corrected chi connectivity index (χ2v) is 4.76. The van der Waals surface area contributed by atoms with Crippen molar-refractivity contribution in [2.45, 2.75) is 25.7 Å². The van der Waals surface area contributed by atoms with Crippen molar-refractivity contribution >= 4 is 0 Å². The first kappa shape index (κ1) is 9.47. The smallest absolute Gasteiger partial charge is 0.0107 e. The van der Waals surface area contributed by atoms with Crippen LogP contribution in [-0.4, -0.2) is 38.1 Å². The number of likely N-dealkylation sites (tertiary alicyclic amines) is 1. The van der Waals surface area contributed by atoms with Crippen molar-refractivity contribution in [3.63, 3.8) is 0 Å². The number of hydrogen-bond acceptors (Lipinski definition) is 2. The van der Waals surface area contributed by atoms with Crippen molar-refractivity contribution in [3.8, 4) is 0 Å². The summed E-state index contributed by atoms with van der Waals surface area (Å²) in [5.41, 5.74) is 0. The van der Waals surface area contributed by atoms with Crippen LogP contribution in [0.25, 0.3) is 0 Å². The molecular weight excluding hydrogens is 160 g/mol. The van der Waals surface area contributed by atoms with Crippen molar-refractivity contribution in [1.82, 2.24) is 10.2 Å². The Balaban J connectivity index is 1.80. The van der Waals surface area contributed by atoms with Gasteiger partial charge >= 0.3 is 0 Å². The maximum atomic E-state index is 3.24. The number of hydrogen-bond donors (Lipinski definition) is 1. The minimum Gasteiger partial charge on any atom is -0.318 e. The molecule has 0 aromatic rings. The third-order valence-corrected chi connectivity index (χ3v) is 3.60. The van der Waals surface area contributed by atoms with Gasteiger partial charge in [-0.3, -0.25) is 0 Å².